The molecule has 7 nitrogen and oxygen atoms in total. The number of fused-ring (bicyclic) bond motifs is 1. The van der Waals surface area contributed by atoms with Crippen molar-refractivity contribution in [2.75, 3.05) is 6.54 Å². The number of esters is 1. The fourth-order valence-corrected chi connectivity index (χ4v) is 6.72. The summed E-state index contributed by atoms with van der Waals surface area (Å²) in [5.74, 6) is 1.81. The Kier molecular flexibility index (Phi) is 5.07. The molecule has 31 heavy (non-hydrogen) atoms. The molecule has 4 fully saturated rings. The smallest absolute Gasteiger partial charge is 0.325 e. The monoisotopic (exact) mass is 423 g/mol. The topological polar surface area (TPSA) is 89.8 Å². The van der Waals surface area contributed by atoms with E-state index in [1.807, 2.05) is 19.1 Å². The van der Waals surface area contributed by atoms with E-state index in [2.05, 4.69) is 10.3 Å². The number of aryl methyl sites for hydroxylation is 1. The fraction of sp³-hybridized carbons (Fsp3) is 0.583. The van der Waals surface area contributed by atoms with Crippen LogP contribution >= 0.6 is 0 Å². The van der Waals surface area contributed by atoms with Gasteiger partial charge in [-0.1, -0.05) is 6.07 Å². The van der Waals surface area contributed by atoms with E-state index in [0.29, 0.717) is 17.8 Å². The van der Waals surface area contributed by atoms with E-state index in [0.717, 1.165) is 23.4 Å². The first-order chi connectivity index (χ1) is 14.9. The minimum atomic E-state index is -0.523. The van der Waals surface area contributed by atoms with Crippen LogP contribution in [-0.2, 0) is 20.9 Å². The maximum Gasteiger partial charge on any atom is 0.325 e. The third-order valence-electron chi connectivity index (χ3n) is 7.44. The van der Waals surface area contributed by atoms with Gasteiger partial charge < -0.3 is 10.1 Å². The van der Waals surface area contributed by atoms with Crippen LogP contribution in [0.2, 0.25) is 0 Å². The summed E-state index contributed by atoms with van der Waals surface area (Å²) in [7, 11) is 0. The molecule has 6 rings (SSSR count). The van der Waals surface area contributed by atoms with Gasteiger partial charge in [0.2, 0.25) is 5.91 Å². The second-order valence-electron chi connectivity index (χ2n) is 9.98. The first kappa shape index (κ1) is 20.2. The van der Waals surface area contributed by atoms with Gasteiger partial charge in [0, 0.05) is 18.2 Å². The molecular weight excluding hydrogens is 394 g/mol. The van der Waals surface area contributed by atoms with Crippen molar-refractivity contribution in [3.63, 3.8) is 0 Å². The normalized spacial score (nSPS) is 28.6. The molecule has 2 aromatic heterocycles. The Morgan fingerprint density at radius 2 is 1.84 bits per heavy atom. The predicted molar refractivity (Wildman–Crippen MR) is 114 cm³/mol. The Bertz CT molecular complexity index is 1050. The van der Waals surface area contributed by atoms with Gasteiger partial charge in [-0.05, 0) is 80.8 Å². The van der Waals surface area contributed by atoms with Gasteiger partial charge in [0.05, 0.1) is 5.69 Å². The van der Waals surface area contributed by atoms with Crippen molar-refractivity contribution >= 4 is 17.5 Å². The maximum atomic E-state index is 12.6. The highest BCUT2D eigenvalue weighted by Gasteiger charge is 2.51. The Morgan fingerprint density at radius 3 is 2.52 bits per heavy atom. The molecule has 7 heteroatoms. The van der Waals surface area contributed by atoms with Gasteiger partial charge >= 0.3 is 5.97 Å². The Morgan fingerprint density at radius 1 is 1.16 bits per heavy atom. The van der Waals surface area contributed by atoms with Crippen LogP contribution in [0.25, 0.3) is 5.65 Å². The number of amides is 1. The molecule has 4 aliphatic carbocycles. The number of aromatic nitrogens is 2. The van der Waals surface area contributed by atoms with Crippen LogP contribution in [0.15, 0.2) is 29.1 Å². The van der Waals surface area contributed by atoms with Gasteiger partial charge in [-0.25, -0.2) is 4.98 Å². The molecule has 0 radical (unpaired) electrons. The third kappa shape index (κ3) is 4.10. The molecule has 164 valence electrons. The summed E-state index contributed by atoms with van der Waals surface area (Å²) in [5, 5.41) is 2.74. The second-order valence-corrected chi connectivity index (χ2v) is 9.98. The number of carbonyl (C=O) groups excluding carboxylic acids is 2. The standard InChI is InChI=1S/C24H29N3O4/c1-15-3-2-4-20-26-19(8-22(29)27(15)20)14-31-23(30)13-25-21(28)12-24-9-16-5-17(10-24)7-18(6-16)11-24/h2-4,8,16-18H,5-7,9-14H2,1H3,(H,25,28). The van der Waals surface area contributed by atoms with Gasteiger partial charge in [0.15, 0.2) is 0 Å². The van der Waals surface area contributed by atoms with Gasteiger partial charge in [-0.15, -0.1) is 0 Å². The van der Waals surface area contributed by atoms with Crippen molar-refractivity contribution in [1.29, 1.82) is 0 Å². The molecule has 1 amide bonds. The highest BCUT2D eigenvalue weighted by Crippen LogP contribution is 2.61. The summed E-state index contributed by atoms with van der Waals surface area (Å²) < 4.78 is 6.75. The average molecular weight is 424 g/mol. The molecule has 0 saturated heterocycles. The molecule has 2 heterocycles. The van der Waals surface area contributed by atoms with Gasteiger partial charge in [0.1, 0.15) is 18.8 Å². The number of hydrogen-bond acceptors (Lipinski definition) is 5. The van der Waals surface area contributed by atoms with E-state index < -0.39 is 5.97 Å². The Labute approximate surface area is 181 Å². The van der Waals surface area contributed by atoms with E-state index in [1.54, 1.807) is 6.07 Å². The Hall–Kier alpha value is -2.70. The van der Waals surface area contributed by atoms with Crippen LogP contribution in [0, 0.1) is 30.1 Å². The molecule has 0 atom stereocenters. The average Bonchev–Trinajstić information content (AvgIpc) is 2.69. The molecule has 0 aliphatic heterocycles. The molecule has 2 aromatic rings. The van der Waals surface area contributed by atoms with E-state index in [-0.39, 0.29) is 30.0 Å². The zero-order valence-electron chi connectivity index (χ0n) is 17.9. The second kappa shape index (κ2) is 7.77. The molecule has 0 spiro atoms. The molecule has 4 bridgehead atoms. The largest absolute Gasteiger partial charge is 0.458 e. The first-order valence-electron chi connectivity index (χ1n) is 11.3. The van der Waals surface area contributed by atoms with Crippen molar-refractivity contribution in [2.45, 2.75) is 58.5 Å². The van der Waals surface area contributed by atoms with Gasteiger partial charge in [0.25, 0.3) is 5.56 Å². The molecular formula is C24H29N3O4. The molecule has 4 aliphatic rings. The minimum absolute atomic E-state index is 0.0588. The van der Waals surface area contributed by atoms with Crippen LogP contribution in [0.1, 0.15) is 56.3 Å². The number of nitrogens with one attached hydrogen (secondary N) is 1. The fourth-order valence-electron chi connectivity index (χ4n) is 6.72. The van der Waals surface area contributed by atoms with Crippen molar-refractivity contribution in [3.05, 3.63) is 46.0 Å². The third-order valence-corrected chi connectivity index (χ3v) is 7.44. The van der Waals surface area contributed by atoms with Gasteiger partial charge in [-0.2, -0.15) is 0 Å². The van der Waals surface area contributed by atoms with E-state index in [4.69, 9.17) is 4.74 Å². The van der Waals surface area contributed by atoms with Crippen molar-refractivity contribution in [3.8, 4) is 0 Å². The van der Waals surface area contributed by atoms with E-state index in [1.165, 1.54) is 49.0 Å². The number of ether oxygens (including phenoxy) is 1. The van der Waals surface area contributed by atoms with Crippen molar-refractivity contribution < 1.29 is 14.3 Å². The summed E-state index contributed by atoms with van der Waals surface area (Å²) in [4.78, 5) is 41.4. The minimum Gasteiger partial charge on any atom is -0.458 e. The summed E-state index contributed by atoms with van der Waals surface area (Å²) in [5.41, 5.74) is 1.64. The SMILES string of the molecule is Cc1cccc2nc(COC(=O)CNC(=O)CC34CC5CC(CC(C5)C3)C4)cc(=O)n12. The number of carbonyl (C=O) groups is 2. The molecule has 0 unspecified atom stereocenters. The summed E-state index contributed by atoms with van der Waals surface area (Å²) in [6.45, 7) is 1.59. The number of pyridine rings is 1. The number of rotatable bonds is 6. The maximum absolute atomic E-state index is 12.6. The van der Waals surface area contributed by atoms with Crippen LogP contribution in [0.4, 0.5) is 0 Å². The van der Waals surface area contributed by atoms with Crippen LogP contribution in [0.5, 0.6) is 0 Å². The molecule has 0 aromatic carbocycles. The predicted octanol–water partition coefficient (Wildman–Crippen LogP) is 2.77. The zero-order chi connectivity index (χ0) is 21.6. The van der Waals surface area contributed by atoms with Crippen molar-refractivity contribution in [2.24, 2.45) is 23.2 Å². The molecule has 4 saturated carbocycles. The lowest BCUT2D eigenvalue weighted by molar-refractivity contribution is -0.146. The highest BCUT2D eigenvalue weighted by molar-refractivity contribution is 5.82. The lowest BCUT2D eigenvalue weighted by atomic mass is 9.49. The van der Waals surface area contributed by atoms with Crippen LogP contribution < -0.4 is 10.9 Å². The summed E-state index contributed by atoms with van der Waals surface area (Å²) in [6, 6.07) is 6.78. The highest BCUT2D eigenvalue weighted by atomic mass is 16.5. The zero-order valence-corrected chi connectivity index (χ0v) is 17.9. The summed E-state index contributed by atoms with van der Waals surface area (Å²) in [6.07, 6.45) is 8.06. The van der Waals surface area contributed by atoms with E-state index in [9.17, 15) is 14.4 Å². The Balaban J connectivity index is 1.13. The lowest BCUT2D eigenvalue weighted by Crippen LogP contribution is -2.48. The van der Waals surface area contributed by atoms with Crippen molar-refractivity contribution in [1.82, 2.24) is 14.7 Å². The number of hydrogen-bond donors (Lipinski definition) is 1. The van der Waals surface area contributed by atoms with Crippen LogP contribution in [-0.4, -0.2) is 27.8 Å². The lowest BCUT2D eigenvalue weighted by Gasteiger charge is -2.56. The summed E-state index contributed by atoms with van der Waals surface area (Å²) >= 11 is 0. The molecule has 1 N–H and O–H groups in total. The first-order valence-corrected chi connectivity index (χ1v) is 11.3. The number of nitrogens with zero attached hydrogens (tertiary/aromatic N) is 2. The van der Waals surface area contributed by atoms with Gasteiger partial charge in [-0.3, -0.25) is 18.8 Å². The quantitative estimate of drug-likeness (QED) is 0.722. The van der Waals surface area contributed by atoms with E-state index >= 15 is 0 Å². The van der Waals surface area contributed by atoms with Crippen LogP contribution in [0.3, 0.4) is 0 Å².